The van der Waals surface area contributed by atoms with Gasteiger partial charge in [0, 0.05) is 29.7 Å². The van der Waals surface area contributed by atoms with Crippen LogP contribution in [0.5, 0.6) is 0 Å². The van der Waals surface area contributed by atoms with Gasteiger partial charge in [0.1, 0.15) is 6.54 Å². The molecule has 0 aromatic heterocycles. The van der Waals surface area contributed by atoms with E-state index in [0.29, 0.717) is 42.5 Å². The Hall–Kier alpha value is -2.61. The van der Waals surface area contributed by atoms with Gasteiger partial charge in [-0.3, -0.25) is 0 Å². The highest BCUT2D eigenvalue weighted by molar-refractivity contribution is 14.1. The first-order valence-corrected chi connectivity index (χ1v) is 20.8. The summed E-state index contributed by atoms with van der Waals surface area (Å²) in [6.45, 7) is -1.54. The van der Waals surface area contributed by atoms with Crippen LogP contribution in [0.2, 0.25) is 0 Å². The predicted octanol–water partition coefficient (Wildman–Crippen LogP) is 15.4. The molecule has 0 bridgehead atoms. The first kappa shape index (κ1) is 68.5. The van der Waals surface area contributed by atoms with Gasteiger partial charge < -0.3 is 0 Å². The van der Waals surface area contributed by atoms with Gasteiger partial charge in [0.05, 0.1) is 12.5 Å². The lowest BCUT2D eigenvalue weighted by atomic mass is 9.78. The molecule has 42 heteroatoms. The third-order valence-corrected chi connectivity index (χ3v) is 14.4. The summed E-state index contributed by atoms with van der Waals surface area (Å²) in [5, 5.41) is 0. The Morgan fingerprint density at radius 3 is 1.08 bits per heavy atom. The van der Waals surface area contributed by atoms with Gasteiger partial charge >= 0.3 is 113 Å². The molecular formula is C33H24F34I2N3O3+. The highest BCUT2D eigenvalue weighted by Crippen LogP contribution is 2.68. The summed E-state index contributed by atoms with van der Waals surface area (Å²) >= 11 is 1.32. The lowest BCUT2D eigenvalue weighted by molar-refractivity contribution is -0.868. The maximum atomic E-state index is 15.4. The summed E-state index contributed by atoms with van der Waals surface area (Å²) in [4.78, 5) is 40.1. The predicted molar refractivity (Wildman–Crippen MR) is 193 cm³/mol. The fraction of sp³-hybridized carbons (Fsp3) is 0.848. The zero-order valence-electron chi connectivity index (χ0n) is 35.6. The van der Waals surface area contributed by atoms with E-state index in [1.807, 2.05) is 0 Å². The second-order valence-corrected chi connectivity index (χ2v) is 22.0. The van der Waals surface area contributed by atoms with Crippen molar-refractivity contribution in [3.8, 4) is 0 Å². The van der Waals surface area contributed by atoms with Crippen molar-refractivity contribution >= 4 is 63.3 Å². The fourth-order valence-corrected chi connectivity index (χ4v) is 8.36. The zero-order chi connectivity index (χ0) is 60.8. The van der Waals surface area contributed by atoms with Crippen LogP contribution < -0.4 is 0 Å². The van der Waals surface area contributed by atoms with Crippen molar-refractivity contribution in [2.24, 2.45) is 11.8 Å². The molecule has 0 aliphatic carbocycles. The molecule has 0 saturated carbocycles. The standard InChI is InChI=1S/C33H24F34I2N3O3/c1-5-6-70-13(73)71(9-11(16(2,3)68)7-18(34,35)20(38,39)22(42,43)24(46,47)26(50,51)28(54,55)30(58,59)32(62,63)64)15(75)72(14(70)74)10-12(17(72,4)69)8-19(36,37)21(40,41)23(44,45)25(48,49)27(52,53)29(56,57)31(60,61)33(65,66)67/h5,11-12H,1,6-10H2,2-4H3/q+1. The molecule has 2 saturated heterocycles. The lowest BCUT2D eigenvalue weighted by Gasteiger charge is -2.60. The Morgan fingerprint density at radius 2 is 0.800 bits per heavy atom. The Morgan fingerprint density at radius 1 is 0.520 bits per heavy atom. The smallest absolute Gasteiger partial charge is 0.247 e. The quantitative estimate of drug-likeness (QED) is 0.0287. The molecule has 0 radical (unpaired) electrons. The molecule has 75 heavy (non-hydrogen) atoms. The van der Waals surface area contributed by atoms with E-state index in [2.05, 4.69) is 6.58 Å². The molecule has 2 rings (SSSR count). The first-order valence-electron chi connectivity index (χ1n) is 18.7. The molecule has 6 nitrogen and oxygen atoms in total. The summed E-state index contributed by atoms with van der Waals surface area (Å²) in [6, 6.07) is -6.92. The van der Waals surface area contributed by atoms with E-state index in [9.17, 15) is 146 Å². The van der Waals surface area contributed by atoms with Gasteiger partial charge in [-0.1, -0.05) is 42.5 Å². The molecule has 4 unspecified atom stereocenters. The molecule has 2 aliphatic rings. The summed E-state index contributed by atoms with van der Waals surface area (Å²) in [5.74, 6) is -126. The van der Waals surface area contributed by atoms with Crippen molar-refractivity contribution in [2.45, 2.75) is 136 Å². The summed E-state index contributed by atoms with van der Waals surface area (Å²) in [6.07, 6.45) is -22.5. The van der Waals surface area contributed by atoms with Crippen LogP contribution >= 0.6 is 45.2 Å². The number of carbonyl (C=O) groups is 3. The monoisotopic (exact) mass is 1410 g/mol. The van der Waals surface area contributed by atoms with E-state index in [4.69, 9.17) is 0 Å². The summed E-state index contributed by atoms with van der Waals surface area (Å²) in [7, 11) is 0. The normalized spacial score (nSPS) is 23.3. The number of nitrogens with zero attached hydrogens (tertiary/aromatic N) is 3. The highest BCUT2D eigenvalue weighted by Gasteiger charge is 2.97. The Kier molecular flexibility index (Phi) is 16.9. The van der Waals surface area contributed by atoms with Crippen LogP contribution in [-0.4, -0.2) is 154 Å². The molecule has 0 aromatic rings. The Labute approximate surface area is 420 Å². The Bertz CT molecular complexity index is 2220. The second-order valence-electron chi connectivity index (χ2n) is 17.0. The number of hydrogen-bond acceptors (Lipinski definition) is 3. The lowest BCUT2D eigenvalue weighted by Crippen LogP contribution is -2.87. The molecule has 6 amide bonds. The average Bonchev–Trinajstić information content (AvgIpc) is 3.19. The summed E-state index contributed by atoms with van der Waals surface area (Å²) in [5.41, 5.74) is 0. The van der Waals surface area contributed by atoms with Crippen LogP contribution in [0.3, 0.4) is 0 Å². The van der Waals surface area contributed by atoms with E-state index in [0.717, 1.165) is 22.6 Å². The largest absolute Gasteiger partial charge is 0.460 e. The number of halogens is 36. The molecule has 0 N–H and O–H groups in total. The zero-order valence-corrected chi connectivity index (χ0v) is 40.0. The number of quaternary nitrogens is 1. The van der Waals surface area contributed by atoms with E-state index < -0.39 is 174 Å². The maximum Gasteiger partial charge on any atom is 0.460 e. The number of rotatable bonds is 21. The van der Waals surface area contributed by atoms with Crippen molar-refractivity contribution < 1.29 is 168 Å². The minimum atomic E-state index is -9.08. The Balaban J connectivity index is 2.75. The van der Waals surface area contributed by atoms with Crippen LogP contribution in [-0.2, 0) is 0 Å². The molecule has 0 aromatic carbocycles. The van der Waals surface area contributed by atoms with Gasteiger partial charge in [0.15, 0.2) is 3.55 Å². The van der Waals surface area contributed by atoms with Crippen molar-refractivity contribution in [1.82, 2.24) is 9.80 Å². The fourth-order valence-electron chi connectivity index (χ4n) is 6.91. The number of carbonyl (C=O) groups excluding carboxylic acids is 3. The van der Waals surface area contributed by atoms with Gasteiger partial charge in [-0.05, 0) is 28.5 Å². The molecule has 2 aliphatic heterocycles. The summed E-state index contributed by atoms with van der Waals surface area (Å²) < 4.78 is 467. The third kappa shape index (κ3) is 9.10. The van der Waals surface area contributed by atoms with Crippen LogP contribution in [0.1, 0.15) is 33.6 Å². The van der Waals surface area contributed by atoms with Gasteiger partial charge in [-0.15, -0.1) is 11.1 Å². The second kappa shape index (κ2) is 18.5. The molecule has 4 atom stereocenters. The van der Waals surface area contributed by atoms with Gasteiger partial charge in [-0.25, -0.2) is 24.2 Å². The van der Waals surface area contributed by atoms with E-state index >= 15 is 17.6 Å². The van der Waals surface area contributed by atoms with E-state index in [1.165, 1.54) is 0 Å². The maximum absolute atomic E-state index is 15.4. The highest BCUT2D eigenvalue weighted by atomic mass is 127. The molecule has 2 fully saturated rings. The van der Waals surface area contributed by atoms with Crippen LogP contribution in [0, 0.1) is 11.8 Å². The number of alkyl halides is 36. The van der Waals surface area contributed by atoms with E-state index in [1.54, 1.807) is 0 Å². The SMILES string of the molecule is C=CCN1C(=O)N(CC(CC(F)(F)C(F)(F)C(F)(F)C(F)(F)C(F)(F)C(F)(F)C(F)(F)C(F)(F)F)C(C)(C)I)C(=O)[N+]2(CC(CC(F)(F)C(F)(F)C(F)(F)C(F)(F)C(F)(F)C(F)(F)C(F)(F)C(F)(F)F)C2(C)I)C1=O. The average molecular weight is 1410 g/mol. The van der Waals surface area contributed by atoms with Gasteiger partial charge in [0.25, 0.3) is 0 Å². The first-order chi connectivity index (χ1) is 32.2. The molecule has 1 spiro atoms. The third-order valence-electron chi connectivity index (χ3n) is 11.8. The van der Waals surface area contributed by atoms with Crippen LogP contribution in [0.25, 0.3) is 0 Å². The minimum Gasteiger partial charge on any atom is -0.247 e. The molecule has 2 heterocycles. The van der Waals surface area contributed by atoms with Crippen molar-refractivity contribution in [1.29, 1.82) is 0 Å². The number of hydrogen-bond donors (Lipinski definition) is 0. The van der Waals surface area contributed by atoms with Crippen LogP contribution in [0.4, 0.5) is 164 Å². The minimum absolute atomic E-state index is 0.188. The van der Waals surface area contributed by atoms with Gasteiger partial charge in [0.2, 0.25) is 0 Å². The topological polar surface area (TPSA) is 57.7 Å². The molecular weight excluding hydrogens is 1390 g/mol. The van der Waals surface area contributed by atoms with Crippen molar-refractivity contribution in [3.05, 3.63) is 12.7 Å². The van der Waals surface area contributed by atoms with Crippen molar-refractivity contribution in [2.75, 3.05) is 19.6 Å². The number of urea groups is 3. The molecule has 440 valence electrons. The van der Waals surface area contributed by atoms with E-state index in [-0.39, 0.29) is 11.8 Å². The number of imide groups is 3. The number of amides is 6. The van der Waals surface area contributed by atoms with Gasteiger partial charge in [-0.2, -0.15) is 149 Å². The van der Waals surface area contributed by atoms with Crippen molar-refractivity contribution in [3.63, 3.8) is 0 Å². The van der Waals surface area contributed by atoms with Crippen LogP contribution in [0.15, 0.2) is 12.7 Å².